The number of nitrogens with zero attached hydrogens (tertiary/aromatic N) is 2. The number of aromatic nitrogens is 1. The first-order chi connectivity index (χ1) is 7.35. The maximum Gasteiger partial charge on any atom is 0.185 e. The molecule has 1 aliphatic rings. The maximum absolute atomic E-state index is 9.21. The standard InChI is InChI=1S/C11H18N2OS/c1-2-9-10(8-14)15-11(12-9)13-6-4-3-5-7-13/h14H,2-8H2,1H3. The highest BCUT2D eigenvalue weighted by Crippen LogP contribution is 2.28. The van der Waals surface area contributed by atoms with Gasteiger partial charge in [-0.05, 0) is 25.7 Å². The molecule has 1 fully saturated rings. The van der Waals surface area contributed by atoms with E-state index in [1.165, 1.54) is 19.3 Å². The molecule has 2 rings (SSSR count). The van der Waals surface area contributed by atoms with Gasteiger partial charge in [0.05, 0.1) is 17.2 Å². The molecule has 1 saturated heterocycles. The summed E-state index contributed by atoms with van der Waals surface area (Å²) >= 11 is 1.66. The van der Waals surface area contributed by atoms with Crippen LogP contribution in [0.15, 0.2) is 0 Å². The summed E-state index contributed by atoms with van der Waals surface area (Å²) in [6, 6.07) is 0. The average molecular weight is 226 g/mol. The van der Waals surface area contributed by atoms with E-state index < -0.39 is 0 Å². The molecule has 1 aliphatic heterocycles. The van der Waals surface area contributed by atoms with Crippen LogP contribution in [0.25, 0.3) is 0 Å². The second-order valence-electron chi connectivity index (χ2n) is 3.93. The Hall–Kier alpha value is -0.610. The van der Waals surface area contributed by atoms with Crippen molar-refractivity contribution in [3.63, 3.8) is 0 Å². The third kappa shape index (κ3) is 2.32. The van der Waals surface area contributed by atoms with Gasteiger partial charge in [0, 0.05) is 13.1 Å². The Balaban J connectivity index is 2.16. The van der Waals surface area contributed by atoms with E-state index in [2.05, 4.69) is 16.8 Å². The quantitative estimate of drug-likeness (QED) is 0.858. The fourth-order valence-corrected chi connectivity index (χ4v) is 3.05. The zero-order valence-electron chi connectivity index (χ0n) is 9.20. The predicted molar refractivity (Wildman–Crippen MR) is 63.5 cm³/mol. The van der Waals surface area contributed by atoms with Crippen LogP contribution in [0.3, 0.4) is 0 Å². The molecule has 3 nitrogen and oxygen atoms in total. The van der Waals surface area contributed by atoms with Crippen LogP contribution in [0.1, 0.15) is 36.8 Å². The molecule has 0 aliphatic carbocycles. The number of aryl methyl sites for hydroxylation is 1. The van der Waals surface area contributed by atoms with Gasteiger partial charge in [-0.15, -0.1) is 0 Å². The average Bonchev–Trinajstić information content (AvgIpc) is 2.73. The Bertz CT molecular complexity index is 297. The molecule has 1 N–H and O–H groups in total. The van der Waals surface area contributed by atoms with Gasteiger partial charge in [0.15, 0.2) is 5.13 Å². The van der Waals surface area contributed by atoms with Gasteiger partial charge in [-0.1, -0.05) is 18.3 Å². The second-order valence-corrected chi connectivity index (χ2v) is 4.99. The minimum atomic E-state index is 0.134. The van der Waals surface area contributed by atoms with E-state index in [1.807, 2.05) is 0 Å². The van der Waals surface area contributed by atoms with Crippen LogP contribution < -0.4 is 4.90 Å². The summed E-state index contributed by atoms with van der Waals surface area (Å²) in [5.74, 6) is 0. The van der Waals surface area contributed by atoms with Crippen LogP contribution in [0, 0.1) is 0 Å². The van der Waals surface area contributed by atoms with Crippen LogP contribution in [0.5, 0.6) is 0 Å². The molecule has 0 saturated carbocycles. The van der Waals surface area contributed by atoms with E-state index in [9.17, 15) is 5.11 Å². The largest absolute Gasteiger partial charge is 0.391 e. The van der Waals surface area contributed by atoms with Gasteiger partial charge in [0.1, 0.15) is 0 Å². The third-order valence-corrected chi connectivity index (χ3v) is 4.02. The van der Waals surface area contributed by atoms with Gasteiger partial charge < -0.3 is 10.0 Å². The summed E-state index contributed by atoms with van der Waals surface area (Å²) in [6.45, 7) is 4.48. The van der Waals surface area contributed by atoms with Gasteiger partial charge in [0.25, 0.3) is 0 Å². The van der Waals surface area contributed by atoms with Gasteiger partial charge in [-0.2, -0.15) is 0 Å². The van der Waals surface area contributed by atoms with Gasteiger partial charge in [-0.25, -0.2) is 4.98 Å². The first-order valence-electron chi connectivity index (χ1n) is 5.69. The third-order valence-electron chi connectivity index (χ3n) is 2.87. The summed E-state index contributed by atoms with van der Waals surface area (Å²) in [5.41, 5.74) is 1.07. The van der Waals surface area contributed by atoms with E-state index in [0.717, 1.165) is 35.2 Å². The van der Waals surface area contributed by atoms with E-state index in [0.29, 0.717) is 0 Å². The lowest BCUT2D eigenvalue weighted by molar-refractivity contribution is 0.284. The first kappa shape index (κ1) is 10.9. The number of rotatable bonds is 3. The van der Waals surface area contributed by atoms with E-state index in [-0.39, 0.29) is 6.61 Å². The van der Waals surface area contributed by atoms with Crippen molar-refractivity contribution in [3.8, 4) is 0 Å². The zero-order chi connectivity index (χ0) is 10.7. The van der Waals surface area contributed by atoms with E-state index in [4.69, 9.17) is 0 Å². The van der Waals surface area contributed by atoms with Crippen LogP contribution in [0.4, 0.5) is 5.13 Å². The maximum atomic E-state index is 9.21. The van der Waals surface area contributed by atoms with Crippen molar-refractivity contribution in [2.45, 2.75) is 39.2 Å². The molecule has 0 radical (unpaired) electrons. The normalized spacial score (nSPS) is 17.1. The summed E-state index contributed by atoms with van der Waals surface area (Å²) in [5, 5.41) is 10.3. The Kier molecular flexibility index (Phi) is 3.59. The van der Waals surface area contributed by atoms with Crippen molar-refractivity contribution in [2.75, 3.05) is 18.0 Å². The summed E-state index contributed by atoms with van der Waals surface area (Å²) in [6.07, 6.45) is 4.81. The second kappa shape index (κ2) is 4.94. The van der Waals surface area contributed by atoms with E-state index in [1.54, 1.807) is 11.3 Å². The molecule has 0 bridgehead atoms. The fraction of sp³-hybridized carbons (Fsp3) is 0.727. The SMILES string of the molecule is CCc1nc(N2CCCCC2)sc1CO. The summed E-state index contributed by atoms with van der Waals surface area (Å²) in [4.78, 5) is 8.00. The van der Waals surface area contributed by atoms with Gasteiger partial charge >= 0.3 is 0 Å². The number of hydrogen-bond acceptors (Lipinski definition) is 4. The molecule has 0 spiro atoms. The van der Waals surface area contributed by atoms with Crippen molar-refractivity contribution >= 4 is 16.5 Å². The molecule has 2 heterocycles. The Morgan fingerprint density at radius 2 is 2.07 bits per heavy atom. The molecule has 84 valence electrons. The molecule has 1 aromatic heterocycles. The van der Waals surface area contributed by atoms with Crippen LogP contribution in [0.2, 0.25) is 0 Å². The smallest absolute Gasteiger partial charge is 0.185 e. The van der Waals surface area contributed by atoms with Crippen LogP contribution in [-0.4, -0.2) is 23.2 Å². The number of piperidine rings is 1. The molecule has 15 heavy (non-hydrogen) atoms. The first-order valence-corrected chi connectivity index (χ1v) is 6.51. The molecule has 0 aromatic carbocycles. The molecule has 0 unspecified atom stereocenters. The highest BCUT2D eigenvalue weighted by molar-refractivity contribution is 7.15. The number of aliphatic hydroxyl groups is 1. The Labute approximate surface area is 94.8 Å². The molecular weight excluding hydrogens is 208 g/mol. The Morgan fingerprint density at radius 1 is 1.33 bits per heavy atom. The van der Waals surface area contributed by atoms with E-state index >= 15 is 0 Å². The Morgan fingerprint density at radius 3 is 2.60 bits per heavy atom. The van der Waals surface area contributed by atoms with Crippen molar-refractivity contribution in [1.82, 2.24) is 4.98 Å². The molecule has 0 atom stereocenters. The minimum Gasteiger partial charge on any atom is -0.391 e. The van der Waals surface area contributed by atoms with Crippen LogP contribution >= 0.6 is 11.3 Å². The van der Waals surface area contributed by atoms with Crippen LogP contribution in [-0.2, 0) is 13.0 Å². The lowest BCUT2D eigenvalue weighted by atomic mass is 10.1. The summed E-state index contributed by atoms with van der Waals surface area (Å²) < 4.78 is 0. The fourth-order valence-electron chi connectivity index (χ4n) is 1.99. The van der Waals surface area contributed by atoms with Gasteiger partial charge in [0.2, 0.25) is 0 Å². The summed E-state index contributed by atoms with van der Waals surface area (Å²) in [7, 11) is 0. The minimum absolute atomic E-state index is 0.134. The van der Waals surface area contributed by atoms with Crippen molar-refractivity contribution in [3.05, 3.63) is 10.6 Å². The zero-order valence-corrected chi connectivity index (χ0v) is 10.0. The van der Waals surface area contributed by atoms with Crippen molar-refractivity contribution < 1.29 is 5.11 Å². The van der Waals surface area contributed by atoms with Crippen molar-refractivity contribution in [2.24, 2.45) is 0 Å². The monoisotopic (exact) mass is 226 g/mol. The molecule has 4 heteroatoms. The highest BCUT2D eigenvalue weighted by Gasteiger charge is 2.16. The number of aliphatic hydroxyl groups excluding tert-OH is 1. The lowest BCUT2D eigenvalue weighted by Crippen LogP contribution is -2.29. The van der Waals surface area contributed by atoms with Crippen molar-refractivity contribution in [1.29, 1.82) is 0 Å². The molecular formula is C11H18N2OS. The topological polar surface area (TPSA) is 36.4 Å². The lowest BCUT2D eigenvalue weighted by Gasteiger charge is -2.25. The number of hydrogen-bond donors (Lipinski definition) is 1. The predicted octanol–water partition coefficient (Wildman–Crippen LogP) is 2.19. The van der Waals surface area contributed by atoms with Gasteiger partial charge in [-0.3, -0.25) is 0 Å². The molecule has 1 aromatic rings. The number of thiazole rings is 1. The highest BCUT2D eigenvalue weighted by atomic mass is 32.1. The number of anilines is 1. The molecule has 0 amide bonds.